The van der Waals surface area contributed by atoms with E-state index in [1.165, 1.54) is 27.7 Å². The maximum atomic E-state index is 3.35. The van der Waals surface area contributed by atoms with Gasteiger partial charge < -0.3 is 4.98 Å². The minimum atomic E-state index is 1.25. The fourth-order valence-corrected chi connectivity index (χ4v) is 1.58. The van der Waals surface area contributed by atoms with Crippen LogP contribution >= 0.6 is 0 Å². The number of fused-ring (bicyclic) bond motifs is 1. The second-order valence-corrected chi connectivity index (χ2v) is 3.42. The highest BCUT2D eigenvalue weighted by atomic mass is 14.7. The van der Waals surface area contributed by atoms with Crippen LogP contribution in [0.5, 0.6) is 0 Å². The number of aryl methyl sites for hydroxylation is 3. The Balaban J connectivity index is 0.000000461. The number of hydrogen-bond donors (Lipinski definition) is 1. The van der Waals surface area contributed by atoms with E-state index in [4.69, 9.17) is 0 Å². The van der Waals surface area contributed by atoms with Crippen molar-refractivity contribution in [3.05, 3.63) is 35.0 Å². The summed E-state index contributed by atoms with van der Waals surface area (Å²) in [7, 11) is 0. The molecular formula is C13H19N. The fraction of sp³-hybridized carbons (Fsp3) is 0.385. The Morgan fingerprint density at radius 3 is 2.29 bits per heavy atom. The molecule has 0 unspecified atom stereocenters. The van der Waals surface area contributed by atoms with Crippen LogP contribution in [0.15, 0.2) is 18.2 Å². The van der Waals surface area contributed by atoms with Gasteiger partial charge in [0, 0.05) is 16.6 Å². The molecule has 1 heterocycles. The minimum absolute atomic E-state index is 1.25. The van der Waals surface area contributed by atoms with E-state index >= 15 is 0 Å². The van der Waals surface area contributed by atoms with E-state index in [0.717, 1.165) is 0 Å². The predicted molar refractivity (Wildman–Crippen MR) is 63.9 cm³/mol. The van der Waals surface area contributed by atoms with Crippen molar-refractivity contribution in [2.75, 3.05) is 0 Å². The Kier molecular flexibility index (Phi) is 3.34. The van der Waals surface area contributed by atoms with Gasteiger partial charge in [-0.05, 0) is 38.5 Å². The Morgan fingerprint density at radius 2 is 1.64 bits per heavy atom. The number of aromatic amines is 1. The lowest BCUT2D eigenvalue weighted by atomic mass is 10.1. The molecule has 0 atom stereocenters. The minimum Gasteiger partial charge on any atom is -0.358 e. The van der Waals surface area contributed by atoms with Gasteiger partial charge in [0.2, 0.25) is 0 Å². The summed E-state index contributed by atoms with van der Waals surface area (Å²) in [5.74, 6) is 0. The molecule has 1 aromatic carbocycles. The molecule has 1 N–H and O–H groups in total. The third kappa shape index (κ3) is 1.82. The van der Waals surface area contributed by atoms with Gasteiger partial charge >= 0.3 is 0 Å². The first-order valence-electron chi connectivity index (χ1n) is 5.24. The van der Waals surface area contributed by atoms with Gasteiger partial charge in [0.1, 0.15) is 0 Å². The molecule has 0 spiro atoms. The summed E-state index contributed by atoms with van der Waals surface area (Å²) in [6, 6.07) is 6.51. The van der Waals surface area contributed by atoms with E-state index in [-0.39, 0.29) is 0 Å². The van der Waals surface area contributed by atoms with Crippen molar-refractivity contribution in [2.24, 2.45) is 0 Å². The van der Waals surface area contributed by atoms with Crippen LogP contribution in [0.1, 0.15) is 30.7 Å². The van der Waals surface area contributed by atoms with E-state index in [2.05, 4.69) is 44.0 Å². The molecular weight excluding hydrogens is 170 g/mol. The largest absolute Gasteiger partial charge is 0.358 e. The molecule has 0 saturated heterocycles. The summed E-state index contributed by atoms with van der Waals surface area (Å²) < 4.78 is 0. The average molecular weight is 189 g/mol. The van der Waals surface area contributed by atoms with Crippen molar-refractivity contribution in [3.63, 3.8) is 0 Å². The molecule has 14 heavy (non-hydrogen) atoms. The average Bonchev–Trinajstić information content (AvgIpc) is 2.48. The number of aromatic nitrogens is 1. The van der Waals surface area contributed by atoms with Gasteiger partial charge in [-0.1, -0.05) is 25.5 Å². The molecule has 0 amide bonds. The molecule has 0 aliphatic heterocycles. The lowest BCUT2D eigenvalue weighted by molar-refractivity contribution is 1.25. The highest BCUT2D eigenvalue weighted by Crippen LogP contribution is 2.21. The van der Waals surface area contributed by atoms with Crippen LogP contribution in [0, 0.1) is 20.8 Å². The van der Waals surface area contributed by atoms with Gasteiger partial charge in [-0.25, -0.2) is 0 Å². The summed E-state index contributed by atoms with van der Waals surface area (Å²) in [6.45, 7) is 10.4. The summed E-state index contributed by atoms with van der Waals surface area (Å²) in [5.41, 5.74) is 5.21. The first-order chi connectivity index (χ1) is 6.68. The van der Waals surface area contributed by atoms with E-state index in [1.54, 1.807) is 0 Å². The SMILES string of the molecule is CC.Cc1ccc2[nH]c(C)c(C)c2c1. The summed E-state index contributed by atoms with van der Waals surface area (Å²) >= 11 is 0. The van der Waals surface area contributed by atoms with Crippen LogP contribution in [0.25, 0.3) is 10.9 Å². The zero-order valence-corrected chi connectivity index (χ0v) is 9.73. The van der Waals surface area contributed by atoms with Gasteiger partial charge in [0.05, 0.1) is 0 Å². The Labute approximate surface area is 86.2 Å². The first-order valence-corrected chi connectivity index (χ1v) is 5.24. The maximum Gasteiger partial charge on any atom is 0.0458 e. The number of H-pyrrole nitrogens is 1. The van der Waals surface area contributed by atoms with Crippen LogP contribution in [0.3, 0.4) is 0 Å². The lowest BCUT2D eigenvalue weighted by Gasteiger charge is -1.93. The maximum absolute atomic E-state index is 3.35. The third-order valence-corrected chi connectivity index (χ3v) is 2.46. The van der Waals surface area contributed by atoms with Gasteiger partial charge in [-0.3, -0.25) is 0 Å². The number of hydrogen-bond acceptors (Lipinski definition) is 0. The highest BCUT2D eigenvalue weighted by molar-refractivity contribution is 5.84. The Morgan fingerprint density at radius 1 is 1.00 bits per heavy atom. The first kappa shape index (κ1) is 10.8. The van der Waals surface area contributed by atoms with E-state index in [9.17, 15) is 0 Å². The fourth-order valence-electron chi connectivity index (χ4n) is 1.58. The predicted octanol–water partition coefficient (Wildman–Crippen LogP) is 4.12. The summed E-state index contributed by atoms with van der Waals surface area (Å²) in [6.07, 6.45) is 0. The van der Waals surface area contributed by atoms with Crippen LogP contribution < -0.4 is 0 Å². The lowest BCUT2D eigenvalue weighted by Crippen LogP contribution is -1.72. The highest BCUT2D eigenvalue weighted by Gasteiger charge is 2.02. The molecule has 2 rings (SSSR count). The summed E-state index contributed by atoms with van der Waals surface area (Å²) in [5, 5.41) is 1.35. The van der Waals surface area contributed by atoms with Crippen molar-refractivity contribution >= 4 is 10.9 Å². The molecule has 0 saturated carbocycles. The molecule has 0 aliphatic carbocycles. The molecule has 76 valence electrons. The Hall–Kier alpha value is -1.24. The smallest absolute Gasteiger partial charge is 0.0458 e. The number of rotatable bonds is 0. The monoisotopic (exact) mass is 189 g/mol. The second kappa shape index (κ2) is 4.32. The van der Waals surface area contributed by atoms with E-state index < -0.39 is 0 Å². The van der Waals surface area contributed by atoms with Crippen LogP contribution in [0.4, 0.5) is 0 Å². The molecule has 1 aromatic heterocycles. The van der Waals surface area contributed by atoms with Crippen molar-refractivity contribution in [1.82, 2.24) is 4.98 Å². The number of nitrogens with one attached hydrogen (secondary N) is 1. The Bertz CT molecular complexity index is 424. The molecule has 0 radical (unpaired) electrons. The molecule has 1 nitrogen and oxygen atoms in total. The van der Waals surface area contributed by atoms with Crippen LogP contribution in [0.2, 0.25) is 0 Å². The van der Waals surface area contributed by atoms with E-state index in [1.807, 2.05) is 13.8 Å². The standard InChI is InChI=1S/C11H13N.C2H6/c1-7-4-5-11-10(6-7)8(2)9(3)12-11;1-2/h4-6,12H,1-3H3;1-2H3. The molecule has 2 aromatic rings. The van der Waals surface area contributed by atoms with Crippen molar-refractivity contribution < 1.29 is 0 Å². The third-order valence-electron chi connectivity index (χ3n) is 2.46. The van der Waals surface area contributed by atoms with Gasteiger partial charge in [0.15, 0.2) is 0 Å². The van der Waals surface area contributed by atoms with Gasteiger partial charge in [-0.15, -0.1) is 0 Å². The second-order valence-electron chi connectivity index (χ2n) is 3.42. The van der Waals surface area contributed by atoms with Crippen LogP contribution in [-0.4, -0.2) is 4.98 Å². The zero-order valence-electron chi connectivity index (χ0n) is 9.73. The molecule has 0 fully saturated rings. The summed E-state index contributed by atoms with van der Waals surface area (Å²) in [4.78, 5) is 3.35. The van der Waals surface area contributed by atoms with Crippen LogP contribution in [-0.2, 0) is 0 Å². The van der Waals surface area contributed by atoms with Crippen molar-refractivity contribution in [1.29, 1.82) is 0 Å². The normalized spacial score (nSPS) is 9.79. The van der Waals surface area contributed by atoms with Gasteiger partial charge in [-0.2, -0.15) is 0 Å². The zero-order chi connectivity index (χ0) is 10.7. The van der Waals surface area contributed by atoms with Crippen molar-refractivity contribution in [2.45, 2.75) is 34.6 Å². The molecule has 1 heteroatoms. The topological polar surface area (TPSA) is 15.8 Å². The number of benzene rings is 1. The molecule has 0 bridgehead atoms. The van der Waals surface area contributed by atoms with Gasteiger partial charge in [0.25, 0.3) is 0 Å². The quantitative estimate of drug-likeness (QED) is 0.641. The van der Waals surface area contributed by atoms with E-state index in [0.29, 0.717) is 0 Å². The van der Waals surface area contributed by atoms with Crippen molar-refractivity contribution in [3.8, 4) is 0 Å². The molecule has 0 aliphatic rings.